The van der Waals surface area contributed by atoms with Gasteiger partial charge >= 0.3 is 41.0 Å². The molecule has 3 heteroatoms. The summed E-state index contributed by atoms with van der Waals surface area (Å²) in [5, 5.41) is 16.1. The summed E-state index contributed by atoms with van der Waals surface area (Å²) < 4.78 is 1.56. The number of allylic oxidation sites excluding steroid dienone is 8. The molecule has 0 heterocycles. The van der Waals surface area contributed by atoms with E-state index in [0.29, 0.717) is 0 Å². The monoisotopic (exact) mass is 652 g/mol. The summed E-state index contributed by atoms with van der Waals surface area (Å²) in [6.45, 7) is 11.2. The van der Waals surface area contributed by atoms with Crippen LogP contribution in [-0.4, -0.2) is 25.7 Å². The van der Waals surface area contributed by atoms with Crippen molar-refractivity contribution < 1.29 is 34.1 Å². The fourth-order valence-corrected chi connectivity index (χ4v) is 2.79. The summed E-state index contributed by atoms with van der Waals surface area (Å²) in [7, 11) is 0. The Balaban J connectivity index is 0.000000478. The van der Waals surface area contributed by atoms with Crippen molar-refractivity contribution in [2.45, 2.75) is 79.4 Å². The molecule has 0 fully saturated rings. The van der Waals surface area contributed by atoms with Gasteiger partial charge in [-0.05, 0) is 27.7 Å². The van der Waals surface area contributed by atoms with Gasteiger partial charge in [-0.3, -0.25) is 12.2 Å². The van der Waals surface area contributed by atoms with Gasteiger partial charge in [-0.15, -0.1) is 12.8 Å². The van der Waals surface area contributed by atoms with Crippen molar-refractivity contribution >= 4 is 3.26 Å². The van der Waals surface area contributed by atoms with Crippen molar-refractivity contribution in [2.24, 2.45) is 0 Å². The summed E-state index contributed by atoms with van der Waals surface area (Å²) in [5.41, 5.74) is 5.54. The Kier molecular flexibility index (Phi) is 21.1. The molecule has 0 atom stereocenters. The summed E-state index contributed by atoms with van der Waals surface area (Å²) in [4.78, 5) is 0. The molecule has 192 valence electrons. The number of hydrogen-bond donors (Lipinski definition) is 2. The van der Waals surface area contributed by atoms with Crippen molar-refractivity contribution in [3.8, 4) is 0 Å². The number of aliphatic hydroxyl groups is 2. The average molecular weight is 651 g/mol. The molecule has 0 saturated carbocycles. The van der Waals surface area contributed by atoms with E-state index in [1.807, 2.05) is 0 Å². The molecule has 0 radical (unpaired) electrons. The molecule has 0 bridgehead atoms. The second-order valence-electron chi connectivity index (χ2n) is 9.18. The third-order valence-electron chi connectivity index (χ3n) is 4.04. The standard InChI is InChI=1S/2C12H11.2C3H8O.C3H6.Hf/c2*1-2-6-11(7-3-1)10-12-8-4-5-9-12;2*1-3(2)4;1-3-2;/h2*1-3,6-9H,4,10H2;2*3-4H,1-2H3;1-2H3;/q2*-1;;;;+2. The molecular formula is C33H44HfO2. The molecule has 0 amide bonds. The predicted octanol–water partition coefficient (Wildman–Crippen LogP) is 7.36. The number of aliphatic hydroxyl groups excluding tert-OH is 2. The maximum atomic E-state index is 8.06. The molecule has 0 aromatic heterocycles. The van der Waals surface area contributed by atoms with Crippen LogP contribution < -0.4 is 0 Å². The van der Waals surface area contributed by atoms with E-state index in [9.17, 15) is 0 Å². The van der Waals surface area contributed by atoms with Crippen LogP contribution in [0.4, 0.5) is 0 Å². The van der Waals surface area contributed by atoms with Gasteiger partial charge in [0, 0.05) is 12.2 Å². The molecule has 0 unspecified atom stereocenters. The van der Waals surface area contributed by atoms with Crippen LogP contribution in [0, 0.1) is 12.2 Å². The molecule has 2 N–H and O–H groups in total. The molecule has 4 rings (SSSR count). The predicted molar refractivity (Wildman–Crippen MR) is 152 cm³/mol. The molecule has 2 aromatic carbocycles. The van der Waals surface area contributed by atoms with Crippen molar-refractivity contribution in [3.05, 3.63) is 119 Å². The Bertz CT molecular complexity index is 853. The van der Waals surface area contributed by atoms with E-state index in [1.54, 1.807) is 31.0 Å². The maximum absolute atomic E-state index is 8.06. The van der Waals surface area contributed by atoms with Crippen molar-refractivity contribution in [3.63, 3.8) is 0 Å². The fraction of sp³-hybridized carbons (Fsp3) is 0.364. The van der Waals surface area contributed by atoms with Crippen LogP contribution in [0.25, 0.3) is 0 Å². The minimum atomic E-state index is -0.167. The van der Waals surface area contributed by atoms with Crippen molar-refractivity contribution in [2.75, 3.05) is 0 Å². The van der Waals surface area contributed by atoms with Gasteiger partial charge in [0.05, 0.1) is 0 Å². The molecule has 0 aliphatic heterocycles. The Morgan fingerprint density at radius 1 is 0.694 bits per heavy atom. The minimum absolute atomic E-state index is 0.167. The van der Waals surface area contributed by atoms with Crippen LogP contribution >= 0.6 is 0 Å². The van der Waals surface area contributed by atoms with Crippen LogP contribution in [-0.2, 0) is 36.7 Å². The van der Waals surface area contributed by atoms with Crippen molar-refractivity contribution in [1.29, 1.82) is 0 Å². The third kappa shape index (κ3) is 23.8. The Morgan fingerprint density at radius 2 is 0.972 bits per heavy atom. The first-order valence-electron chi connectivity index (χ1n) is 12.6. The van der Waals surface area contributed by atoms with E-state index >= 15 is 0 Å². The second kappa shape index (κ2) is 22.3. The average Bonchev–Trinajstić information content (AvgIpc) is 3.49. The Morgan fingerprint density at radius 3 is 1.19 bits per heavy atom. The summed E-state index contributed by atoms with van der Waals surface area (Å²) in [6.07, 6.45) is 18.7. The Labute approximate surface area is 235 Å². The number of rotatable bonds is 4. The van der Waals surface area contributed by atoms with Gasteiger partial charge in [0.1, 0.15) is 0 Å². The number of benzene rings is 2. The van der Waals surface area contributed by atoms with Gasteiger partial charge in [0.15, 0.2) is 0 Å². The molecule has 0 spiro atoms. The van der Waals surface area contributed by atoms with Gasteiger partial charge in [-0.25, -0.2) is 12.2 Å². The first-order valence-corrected chi connectivity index (χ1v) is 14.4. The van der Waals surface area contributed by atoms with E-state index in [2.05, 4.69) is 111 Å². The van der Waals surface area contributed by atoms with Crippen molar-refractivity contribution in [1.82, 2.24) is 0 Å². The van der Waals surface area contributed by atoms with E-state index in [4.69, 9.17) is 10.2 Å². The molecule has 2 nitrogen and oxygen atoms in total. The van der Waals surface area contributed by atoms with Gasteiger partial charge in [0.2, 0.25) is 0 Å². The molecular weight excluding hydrogens is 607 g/mol. The Hall–Kier alpha value is -1.94. The van der Waals surface area contributed by atoms with E-state index in [0.717, 1.165) is 25.7 Å². The maximum Gasteiger partial charge on any atom is -0.0602 e. The first kappa shape index (κ1) is 34.1. The number of hydrogen-bond acceptors (Lipinski definition) is 2. The normalized spacial score (nSPS) is 12.7. The van der Waals surface area contributed by atoms with Crippen LogP contribution in [0.5, 0.6) is 0 Å². The smallest absolute Gasteiger partial charge is 0.0602 e. The summed E-state index contributed by atoms with van der Waals surface area (Å²) >= 11 is 1.27. The second-order valence-corrected chi connectivity index (χ2v) is 12.8. The fourth-order valence-electron chi connectivity index (χ4n) is 2.79. The summed E-state index contributed by atoms with van der Waals surface area (Å²) in [6, 6.07) is 21.1. The molecule has 2 aliphatic carbocycles. The van der Waals surface area contributed by atoms with Gasteiger partial charge < -0.3 is 10.2 Å². The van der Waals surface area contributed by atoms with E-state index in [-0.39, 0.29) is 12.2 Å². The van der Waals surface area contributed by atoms with E-state index < -0.39 is 0 Å². The largest absolute Gasteiger partial charge is 0.273 e. The topological polar surface area (TPSA) is 40.5 Å². The first-order chi connectivity index (χ1) is 17.1. The van der Waals surface area contributed by atoms with Gasteiger partial charge in [-0.1, -0.05) is 84.6 Å². The van der Waals surface area contributed by atoms with Crippen LogP contribution in [0.1, 0.15) is 65.5 Å². The third-order valence-corrected chi connectivity index (χ3v) is 4.04. The van der Waals surface area contributed by atoms with Crippen LogP contribution in [0.3, 0.4) is 0 Å². The van der Waals surface area contributed by atoms with Crippen LogP contribution in [0.15, 0.2) is 96.1 Å². The van der Waals surface area contributed by atoms with Gasteiger partial charge in [-0.2, -0.15) is 23.3 Å². The van der Waals surface area contributed by atoms with E-state index in [1.165, 1.54) is 46.2 Å². The quantitative estimate of drug-likeness (QED) is 0.268. The van der Waals surface area contributed by atoms with Crippen LogP contribution in [0.2, 0.25) is 0 Å². The molecule has 36 heavy (non-hydrogen) atoms. The molecule has 2 aliphatic rings. The van der Waals surface area contributed by atoms with Gasteiger partial charge in [0.25, 0.3) is 0 Å². The molecule has 2 aromatic rings. The zero-order valence-corrected chi connectivity index (χ0v) is 26.6. The zero-order valence-electron chi connectivity index (χ0n) is 23.0. The SMILES string of the molecule is CC(C)O.CC(C)O.C[C](C)=[Hf+2].[C-]1=CC(Cc2ccccc2)=CC1.[C-]1=CC(Cc2ccccc2)=CC1. The minimum Gasteiger partial charge on any atom is -0.273 e. The summed E-state index contributed by atoms with van der Waals surface area (Å²) in [5.74, 6) is 0. The molecule has 0 saturated heterocycles. The zero-order chi connectivity index (χ0) is 27.2.